The number of hydrogen-bond donors (Lipinski definition) is 1. The molecule has 18 heavy (non-hydrogen) atoms. The van der Waals surface area contributed by atoms with Crippen LogP contribution in [-0.4, -0.2) is 20.4 Å². The lowest BCUT2D eigenvalue weighted by atomic mass is 10.3. The van der Waals surface area contributed by atoms with E-state index in [0.717, 1.165) is 0 Å². The van der Waals surface area contributed by atoms with Crippen molar-refractivity contribution in [1.29, 1.82) is 0 Å². The SMILES string of the molecule is O=C(O)c1cc(CS(=O)c2ccc(F)cc2)on1. The summed E-state index contributed by atoms with van der Waals surface area (Å²) in [5.74, 6) is -1.43. The number of carboxylic acids is 1. The highest BCUT2D eigenvalue weighted by Gasteiger charge is 2.13. The molecule has 94 valence electrons. The summed E-state index contributed by atoms with van der Waals surface area (Å²) in [7, 11) is -1.44. The molecule has 7 heteroatoms. The first-order chi connectivity index (χ1) is 8.56. The second-order valence-electron chi connectivity index (χ2n) is 3.43. The maximum absolute atomic E-state index is 12.7. The number of carboxylic acid groups (broad SMARTS) is 1. The first-order valence-corrected chi connectivity index (χ1v) is 6.21. The molecule has 1 atom stereocenters. The number of halogens is 1. The fourth-order valence-corrected chi connectivity index (χ4v) is 2.28. The van der Waals surface area contributed by atoms with Gasteiger partial charge in [0.2, 0.25) is 0 Å². The van der Waals surface area contributed by atoms with Crippen LogP contribution in [-0.2, 0) is 16.6 Å². The Balaban J connectivity index is 2.11. The van der Waals surface area contributed by atoms with Crippen LogP contribution < -0.4 is 0 Å². The van der Waals surface area contributed by atoms with Gasteiger partial charge in [-0.2, -0.15) is 0 Å². The minimum Gasteiger partial charge on any atom is -0.476 e. The van der Waals surface area contributed by atoms with Crippen molar-refractivity contribution >= 4 is 16.8 Å². The van der Waals surface area contributed by atoms with Crippen LogP contribution in [0.25, 0.3) is 0 Å². The van der Waals surface area contributed by atoms with E-state index in [9.17, 15) is 13.4 Å². The third-order valence-corrected chi connectivity index (χ3v) is 3.47. The Kier molecular flexibility index (Phi) is 3.52. The normalized spacial score (nSPS) is 12.3. The number of hydrogen-bond acceptors (Lipinski definition) is 4. The summed E-state index contributed by atoms with van der Waals surface area (Å²) in [5.41, 5.74) is -0.235. The van der Waals surface area contributed by atoms with Crippen molar-refractivity contribution in [2.45, 2.75) is 10.6 Å². The van der Waals surface area contributed by atoms with Gasteiger partial charge in [0.15, 0.2) is 5.69 Å². The van der Waals surface area contributed by atoms with Gasteiger partial charge in [-0.15, -0.1) is 0 Å². The molecule has 2 rings (SSSR count). The molecule has 1 unspecified atom stereocenters. The third-order valence-electron chi connectivity index (χ3n) is 2.13. The van der Waals surface area contributed by atoms with Gasteiger partial charge in [-0.1, -0.05) is 5.16 Å². The molecule has 5 nitrogen and oxygen atoms in total. The zero-order valence-electron chi connectivity index (χ0n) is 9.00. The van der Waals surface area contributed by atoms with Gasteiger partial charge in [0, 0.05) is 11.0 Å². The molecule has 1 N–H and O–H groups in total. The maximum atomic E-state index is 12.7. The van der Waals surface area contributed by atoms with E-state index in [0.29, 0.717) is 4.90 Å². The molecule has 0 aliphatic heterocycles. The van der Waals surface area contributed by atoms with E-state index in [2.05, 4.69) is 5.16 Å². The minimum absolute atomic E-state index is 0.00802. The van der Waals surface area contributed by atoms with Gasteiger partial charge in [0.05, 0.1) is 16.6 Å². The Morgan fingerprint density at radius 2 is 2.06 bits per heavy atom. The number of aromatic carboxylic acids is 1. The van der Waals surface area contributed by atoms with Gasteiger partial charge < -0.3 is 9.63 Å². The Hall–Kier alpha value is -2.02. The van der Waals surface area contributed by atoms with Gasteiger partial charge in [0.1, 0.15) is 11.6 Å². The Labute approximate surface area is 104 Å². The van der Waals surface area contributed by atoms with Crippen molar-refractivity contribution in [3.63, 3.8) is 0 Å². The van der Waals surface area contributed by atoms with Crippen molar-refractivity contribution in [2.75, 3.05) is 0 Å². The predicted molar refractivity (Wildman–Crippen MR) is 60.0 cm³/mol. The van der Waals surface area contributed by atoms with E-state index in [4.69, 9.17) is 9.63 Å². The molecule has 0 saturated carbocycles. The molecule has 1 aromatic carbocycles. The van der Waals surface area contributed by atoms with E-state index < -0.39 is 22.6 Å². The van der Waals surface area contributed by atoms with Crippen molar-refractivity contribution < 1.29 is 23.0 Å². The van der Waals surface area contributed by atoms with Crippen LogP contribution in [0.2, 0.25) is 0 Å². The molecule has 0 amide bonds. The highest BCUT2D eigenvalue weighted by atomic mass is 32.2. The Morgan fingerprint density at radius 1 is 1.39 bits per heavy atom. The molecule has 1 aromatic heterocycles. The highest BCUT2D eigenvalue weighted by molar-refractivity contribution is 7.84. The van der Waals surface area contributed by atoms with E-state index in [1.807, 2.05) is 0 Å². The predicted octanol–water partition coefficient (Wildman–Crippen LogP) is 1.82. The van der Waals surface area contributed by atoms with Crippen molar-refractivity contribution in [3.05, 3.63) is 47.6 Å². The van der Waals surface area contributed by atoms with Crippen LogP contribution in [0.3, 0.4) is 0 Å². The van der Waals surface area contributed by atoms with Crippen LogP contribution in [0.5, 0.6) is 0 Å². The van der Waals surface area contributed by atoms with Gasteiger partial charge >= 0.3 is 5.97 Å². The van der Waals surface area contributed by atoms with E-state index in [1.54, 1.807) is 0 Å². The molecule has 0 saturated heterocycles. The molecular weight excluding hydrogens is 261 g/mol. The fraction of sp³-hybridized carbons (Fsp3) is 0.0909. The number of rotatable bonds is 4. The molecule has 2 aromatic rings. The number of carbonyl (C=O) groups is 1. The Morgan fingerprint density at radius 3 is 2.61 bits per heavy atom. The largest absolute Gasteiger partial charge is 0.476 e. The molecule has 1 heterocycles. The third kappa shape index (κ3) is 2.80. The van der Waals surface area contributed by atoms with Crippen LogP contribution in [0, 0.1) is 5.82 Å². The summed E-state index contributed by atoms with van der Waals surface area (Å²) in [5, 5.41) is 11.9. The quantitative estimate of drug-likeness (QED) is 0.915. The second-order valence-corrected chi connectivity index (χ2v) is 4.88. The van der Waals surface area contributed by atoms with Crippen molar-refractivity contribution in [1.82, 2.24) is 5.16 Å². The number of benzene rings is 1. The average molecular weight is 269 g/mol. The van der Waals surface area contributed by atoms with Crippen molar-refractivity contribution in [3.8, 4) is 0 Å². The Bertz CT molecular complexity index is 593. The van der Waals surface area contributed by atoms with Gasteiger partial charge in [-0.25, -0.2) is 9.18 Å². The number of nitrogens with zero attached hydrogens (tertiary/aromatic N) is 1. The monoisotopic (exact) mass is 269 g/mol. The lowest BCUT2D eigenvalue weighted by Gasteiger charge is -1.98. The van der Waals surface area contributed by atoms with Crippen LogP contribution >= 0.6 is 0 Å². The summed E-state index contributed by atoms with van der Waals surface area (Å²) >= 11 is 0. The summed E-state index contributed by atoms with van der Waals surface area (Å²) in [6.45, 7) is 0. The summed E-state index contributed by atoms with van der Waals surface area (Å²) in [6.07, 6.45) is 0. The fourth-order valence-electron chi connectivity index (χ4n) is 1.28. The van der Waals surface area contributed by atoms with E-state index >= 15 is 0 Å². The minimum atomic E-state index is -1.44. The van der Waals surface area contributed by atoms with Gasteiger partial charge in [-0.05, 0) is 24.3 Å². The summed E-state index contributed by atoms with van der Waals surface area (Å²) in [6, 6.07) is 6.43. The van der Waals surface area contributed by atoms with Crippen LogP contribution in [0.15, 0.2) is 39.8 Å². The van der Waals surface area contributed by atoms with E-state index in [1.165, 1.54) is 30.3 Å². The molecular formula is C11H8FNO4S. The van der Waals surface area contributed by atoms with Gasteiger partial charge in [-0.3, -0.25) is 4.21 Å². The zero-order valence-corrected chi connectivity index (χ0v) is 9.82. The topological polar surface area (TPSA) is 80.4 Å². The molecule has 0 radical (unpaired) electrons. The molecule has 0 fully saturated rings. The first kappa shape index (κ1) is 12.4. The van der Waals surface area contributed by atoms with Crippen LogP contribution in [0.4, 0.5) is 4.39 Å². The molecule has 0 aliphatic carbocycles. The first-order valence-electron chi connectivity index (χ1n) is 4.89. The lowest BCUT2D eigenvalue weighted by molar-refractivity contribution is 0.0685. The maximum Gasteiger partial charge on any atom is 0.358 e. The molecule has 0 aliphatic rings. The smallest absolute Gasteiger partial charge is 0.358 e. The van der Waals surface area contributed by atoms with Gasteiger partial charge in [0.25, 0.3) is 0 Å². The van der Waals surface area contributed by atoms with E-state index in [-0.39, 0.29) is 17.2 Å². The molecule has 0 bridgehead atoms. The summed E-state index contributed by atoms with van der Waals surface area (Å²) < 4.78 is 29.3. The highest BCUT2D eigenvalue weighted by Crippen LogP contribution is 2.14. The summed E-state index contributed by atoms with van der Waals surface area (Å²) in [4.78, 5) is 11.0. The second kappa shape index (κ2) is 5.09. The number of aromatic nitrogens is 1. The van der Waals surface area contributed by atoms with Crippen molar-refractivity contribution in [2.24, 2.45) is 0 Å². The zero-order chi connectivity index (χ0) is 13.1. The average Bonchev–Trinajstić information content (AvgIpc) is 2.78. The lowest BCUT2D eigenvalue weighted by Crippen LogP contribution is -1.96. The molecule has 0 spiro atoms. The standard InChI is InChI=1S/C11H8FNO4S/c12-7-1-3-9(4-2-7)18(16)6-8-5-10(11(14)15)13-17-8/h1-5H,6H2,(H,14,15). The van der Waals surface area contributed by atoms with Crippen LogP contribution in [0.1, 0.15) is 16.2 Å².